The summed E-state index contributed by atoms with van der Waals surface area (Å²) in [6.45, 7) is -0.457. The SMILES string of the molecule is COC([CH2][Hg])CC(=O)c1ccccc1OCC(=O)O. The molecule has 0 aromatic heterocycles. The Labute approximate surface area is 127 Å². The monoisotopic (exact) mass is 453 g/mol. The van der Waals surface area contributed by atoms with Crippen LogP contribution in [0.15, 0.2) is 24.3 Å². The van der Waals surface area contributed by atoms with Gasteiger partial charge in [0.2, 0.25) is 0 Å². The van der Waals surface area contributed by atoms with Gasteiger partial charge in [0, 0.05) is 0 Å². The van der Waals surface area contributed by atoms with Crippen molar-refractivity contribution in [1.29, 1.82) is 0 Å². The topological polar surface area (TPSA) is 72.8 Å². The van der Waals surface area contributed by atoms with Crippen LogP contribution in [0.5, 0.6) is 5.75 Å². The minimum atomic E-state index is -1.07. The average molecular weight is 452 g/mol. The van der Waals surface area contributed by atoms with E-state index in [-0.39, 0.29) is 11.9 Å². The van der Waals surface area contributed by atoms with Crippen LogP contribution in [0, 0.1) is 0 Å². The van der Waals surface area contributed by atoms with Gasteiger partial charge in [0.1, 0.15) is 0 Å². The van der Waals surface area contributed by atoms with Crippen LogP contribution in [0.2, 0.25) is 3.93 Å². The Morgan fingerprint density at radius 1 is 1.37 bits per heavy atom. The van der Waals surface area contributed by atoms with Gasteiger partial charge in [-0.25, -0.2) is 0 Å². The van der Waals surface area contributed by atoms with Gasteiger partial charge in [-0.05, 0) is 0 Å². The van der Waals surface area contributed by atoms with E-state index in [1.165, 1.54) is 0 Å². The first-order valence-corrected chi connectivity index (χ1v) is 9.76. The number of ether oxygens (including phenoxy) is 2. The zero-order chi connectivity index (χ0) is 14.3. The molecule has 0 heterocycles. The Bertz CT molecular complexity index is 442. The fourth-order valence-electron chi connectivity index (χ4n) is 1.58. The number of Topliss-reactive ketones (excluding diaryl/α,β-unsaturated/α-hetero) is 1. The molecule has 0 bridgehead atoms. The number of methoxy groups -OCH3 is 1. The third-order valence-electron chi connectivity index (χ3n) is 2.61. The van der Waals surface area contributed by atoms with Crippen molar-refractivity contribution in [3.05, 3.63) is 29.8 Å². The fourth-order valence-corrected chi connectivity index (χ4v) is 3.29. The maximum atomic E-state index is 12.2. The molecule has 5 nitrogen and oxygen atoms in total. The average Bonchev–Trinajstić information content (AvgIpc) is 2.42. The van der Waals surface area contributed by atoms with E-state index in [4.69, 9.17) is 14.6 Å². The van der Waals surface area contributed by atoms with Crippen LogP contribution < -0.4 is 4.74 Å². The van der Waals surface area contributed by atoms with Gasteiger partial charge in [-0.1, -0.05) is 0 Å². The molecule has 1 rings (SSSR count). The molecule has 0 fully saturated rings. The predicted molar refractivity (Wildman–Crippen MR) is 64.1 cm³/mol. The number of hydrogen-bond donors (Lipinski definition) is 1. The molecule has 0 aliphatic carbocycles. The third-order valence-corrected chi connectivity index (χ3v) is 5.11. The van der Waals surface area contributed by atoms with Crippen molar-refractivity contribution < 1.29 is 50.3 Å². The zero-order valence-corrected chi connectivity index (χ0v) is 16.3. The summed E-state index contributed by atoms with van der Waals surface area (Å²) in [5.74, 6) is -0.847. The molecule has 0 saturated heterocycles. The molecule has 0 amide bonds. The van der Waals surface area contributed by atoms with Crippen LogP contribution in [0.4, 0.5) is 0 Å². The molecule has 99 valence electrons. The van der Waals surface area contributed by atoms with Crippen molar-refractivity contribution in [3.63, 3.8) is 0 Å². The second kappa shape index (κ2) is 8.27. The summed E-state index contributed by atoms with van der Waals surface area (Å²) >= 11 is 0.569. The van der Waals surface area contributed by atoms with E-state index < -0.39 is 12.6 Å². The number of para-hydroxylation sites is 1. The number of aliphatic carboxylic acids is 1. The molecule has 19 heavy (non-hydrogen) atoms. The molecule has 1 aromatic rings. The van der Waals surface area contributed by atoms with Crippen molar-refractivity contribution in [3.8, 4) is 5.75 Å². The Balaban J connectivity index is 2.81. The zero-order valence-electron chi connectivity index (χ0n) is 10.8. The quantitative estimate of drug-likeness (QED) is 0.481. The molecule has 1 atom stereocenters. The first-order chi connectivity index (χ1) is 9.08. The van der Waals surface area contributed by atoms with E-state index in [0.29, 0.717) is 43.9 Å². The molecule has 0 radical (unpaired) electrons. The van der Waals surface area contributed by atoms with E-state index in [2.05, 4.69) is 0 Å². The molecule has 0 saturated carbocycles. The third kappa shape index (κ3) is 5.28. The number of ketones is 1. The summed E-state index contributed by atoms with van der Waals surface area (Å²) in [4.78, 5) is 22.7. The van der Waals surface area contributed by atoms with Crippen molar-refractivity contribution in [1.82, 2.24) is 0 Å². The number of carboxylic acids is 1. The van der Waals surface area contributed by atoms with Crippen LogP contribution in [0.3, 0.4) is 0 Å². The number of carboxylic acid groups (broad SMARTS) is 1. The summed E-state index contributed by atoms with van der Waals surface area (Å²) in [5.41, 5.74) is 0.410. The van der Waals surface area contributed by atoms with Crippen LogP contribution >= 0.6 is 0 Å². The van der Waals surface area contributed by atoms with Gasteiger partial charge in [-0.2, -0.15) is 0 Å². The second-order valence-corrected chi connectivity index (χ2v) is 6.20. The molecular formula is C13H15HgO5. The van der Waals surface area contributed by atoms with Crippen molar-refractivity contribution in [2.45, 2.75) is 16.5 Å². The van der Waals surface area contributed by atoms with Crippen molar-refractivity contribution in [2.24, 2.45) is 0 Å². The van der Waals surface area contributed by atoms with Gasteiger partial charge in [0.05, 0.1) is 0 Å². The summed E-state index contributed by atoms with van der Waals surface area (Å²) in [6.07, 6.45) is 0.247. The van der Waals surface area contributed by atoms with Crippen LogP contribution in [0.1, 0.15) is 16.8 Å². The number of carbonyl (C=O) groups excluding carboxylic acids is 1. The van der Waals surface area contributed by atoms with Crippen LogP contribution in [0.25, 0.3) is 0 Å². The molecule has 0 aliphatic rings. The maximum absolute atomic E-state index is 12.2. The van der Waals surface area contributed by atoms with Gasteiger partial charge in [-0.3, -0.25) is 0 Å². The Kier molecular flexibility index (Phi) is 7.01. The minimum absolute atomic E-state index is 0.0524. The van der Waals surface area contributed by atoms with E-state index >= 15 is 0 Å². The van der Waals surface area contributed by atoms with Gasteiger partial charge < -0.3 is 0 Å². The van der Waals surface area contributed by atoms with E-state index in [0.717, 1.165) is 3.93 Å². The van der Waals surface area contributed by atoms with Gasteiger partial charge in [0.15, 0.2) is 0 Å². The van der Waals surface area contributed by atoms with Crippen molar-refractivity contribution in [2.75, 3.05) is 13.7 Å². The number of benzene rings is 1. The Morgan fingerprint density at radius 3 is 2.63 bits per heavy atom. The van der Waals surface area contributed by atoms with Gasteiger partial charge in [0.25, 0.3) is 0 Å². The Morgan fingerprint density at radius 2 is 2.05 bits per heavy atom. The predicted octanol–water partition coefficient (Wildman–Crippen LogP) is 1.70. The van der Waals surface area contributed by atoms with Crippen LogP contribution in [-0.4, -0.2) is 36.7 Å². The molecule has 0 spiro atoms. The van der Waals surface area contributed by atoms with Crippen LogP contribution in [-0.2, 0) is 35.7 Å². The molecule has 6 heteroatoms. The van der Waals surface area contributed by atoms with E-state index in [1.54, 1.807) is 31.4 Å². The fraction of sp³-hybridized carbons (Fsp3) is 0.385. The van der Waals surface area contributed by atoms with E-state index in [1.807, 2.05) is 0 Å². The summed E-state index contributed by atoms with van der Waals surface area (Å²) in [7, 11) is 1.59. The number of carbonyl (C=O) groups is 2. The van der Waals surface area contributed by atoms with Crippen molar-refractivity contribution >= 4 is 11.8 Å². The summed E-state index contributed by atoms with van der Waals surface area (Å²) in [6, 6.07) is 6.68. The van der Waals surface area contributed by atoms with Gasteiger partial charge in [-0.15, -0.1) is 0 Å². The molecule has 1 N–H and O–H groups in total. The molecule has 0 aliphatic heterocycles. The molecular weight excluding hydrogens is 437 g/mol. The van der Waals surface area contributed by atoms with E-state index in [9.17, 15) is 9.59 Å². The van der Waals surface area contributed by atoms with Gasteiger partial charge >= 0.3 is 128 Å². The number of rotatable bonds is 8. The second-order valence-electron chi connectivity index (χ2n) is 3.95. The first-order valence-electron chi connectivity index (χ1n) is 5.87. The Hall–Kier alpha value is -0.945. The standard InChI is InChI=1S/C13H15O5.Hg/c1-9(17-2)7-11(14)10-5-3-4-6-12(10)18-8-13(15)16;/h3-6,9H,1,7-8H2,2H3,(H,15,16);. The molecule has 1 aromatic carbocycles. The summed E-state index contributed by atoms with van der Waals surface area (Å²) < 4.78 is 11.3. The first kappa shape index (κ1) is 16.1. The normalized spacial score (nSPS) is 11.9. The summed E-state index contributed by atoms with van der Waals surface area (Å²) in [5, 5.41) is 8.60. The number of hydrogen-bond acceptors (Lipinski definition) is 4. The molecule has 1 unspecified atom stereocenters.